The maximum Gasteiger partial charge on any atom is 0.169 e. The Bertz CT molecular complexity index is 521. The lowest BCUT2D eigenvalue weighted by Gasteiger charge is -2.11. The molecule has 3 heteroatoms. The molecule has 2 aromatic rings. The zero-order chi connectivity index (χ0) is 12.3. The van der Waals surface area contributed by atoms with Gasteiger partial charge >= 0.3 is 0 Å². The molecule has 2 aromatic carbocycles. The van der Waals surface area contributed by atoms with Gasteiger partial charge in [0.15, 0.2) is 11.5 Å². The Hall–Kier alpha value is -2.16. The molecular weight excluding hydrogens is 216 g/mol. The number of ether oxygens (including phenoxy) is 1. The number of rotatable bonds is 3. The van der Waals surface area contributed by atoms with Crippen molar-refractivity contribution in [1.82, 2.24) is 0 Å². The summed E-state index contributed by atoms with van der Waals surface area (Å²) >= 11 is 0. The lowest BCUT2D eigenvalue weighted by atomic mass is 10.1. The molecule has 0 amide bonds. The van der Waals surface area contributed by atoms with Crippen LogP contribution in [0.5, 0.6) is 23.0 Å². The minimum atomic E-state index is -0.0732. The smallest absolute Gasteiger partial charge is 0.169 e. The fourth-order valence-electron chi connectivity index (χ4n) is 1.61. The third-order valence-corrected chi connectivity index (χ3v) is 2.52. The molecule has 3 nitrogen and oxygen atoms in total. The van der Waals surface area contributed by atoms with Crippen molar-refractivity contribution in [2.75, 3.05) is 0 Å². The van der Waals surface area contributed by atoms with Crippen molar-refractivity contribution < 1.29 is 14.9 Å². The van der Waals surface area contributed by atoms with Crippen LogP contribution in [0.1, 0.15) is 12.5 Å². The molecule has 0 atom stereocenters. The largest absolute Gasteiger partial charge is 0.508 e. The first-order chi connectivity index (χ1) is 8.20. The lowest BCUT2D eigenvalue weighted by Crippen LogP contribution is -1.90. The van der Waals surface area contributed by atoms with Crippen LogP contribution in [0, 0.1) is 0 Å². The van der Waals surface area contributed by atoms with E-state index in [-0.39, 0.29) is 11.5 Å². The van der Waals surface area contributed by atoms with Crippen LogP contribution in [-0.2, 0) is 6.42 Å². The summed E-state index contributed by atoms with van der Waals surface area (Å²) in [6.07, 6.45) is 0.856. The molecule has 0 bridgehead atoms. The molecule has 17 heavy (non-hydrogen) atoms. The summed E-state index contributed by atoms with van der Waals surface area (Å²) < 4.78 is 5.63. The molecule has 0 aliphatic rings. The van der Waals surface area contributed by atoms with Crippen molar-refractivity contribution in [2.24, 2.45) is 0 Å². The molecule has 2 rings (SSSR count). The zero-order valence-corrected chi connectivity index (χ0v) is 9.55. The molecular formula is C14H14O3. The standard InChI is InChI=1S/C14H14O3/c1-2-10-5-3-4-6-13(10)17-14-8-7-11(15)9-12(14)16/h3-9,15-16H,2H2,1H3. The number of hydrogen-bond acceptors (Lipinski definition) is 3. The molecule has 0 fully saturated rings. The van der Waals surface area contributed by atoms with Crippen molar-refractivity contribution in [3.05, 3.63) is 48.0 Å². The zero-order valence-electron chi connectivity index (χ0n) is 9.55. The van der Waals surface area contributed by atoms with E-state index in [1.807, 2.05) is 31.2 Å². The summed E-state index contributed by atoms with van der Waals surface area (Å²) in [5.74, 6) is 0.995. The number of benzene rings is 2. The van der Waals surface area contributed by atoms with E-state index in [0.29, 0.717) is 5.75 Å². The number of hydrogen-bond donors (Lipinski definition) is 2. The van der Waals surface area contributed by atoms with Gasteiger partial charge in [0.25, 0.3) is 0 Å². The number of para-hydroxylation sites is 1. The molecule has 0 heterocycles. The van der Waals surface area contributed by atoms with E-state index < -0.39 is 0 Å². The highest BCUT2D eigenvalue weighted by atomic mass is 16.5. The highest BCUT2D eigenvalue weighted by Gasteiger charge is 2.07. The Kier molecular flexibility index (Phi) is 3.19. The fraction of sp³-hybridized carbons (Fsp3) is 0.143. The van der Waals surface area contributed by atoms with Gasteiger partial charge < -0.3 is 14.9 Å². The highest BCUT2D eigenvalue weighted by molar-refractivity contribution is 5.47. The normalized spacial score (nSPS) is 10.2. The van der Waals surface area contributed by atoms with E-state index in [9.17, 15) is 10.2 Å². The Labute approximate surface area is 99.9 Å². The monoisotopic (exact) mass is 230 g/mol. The molecule has 0 radical (unpaired) electrons. The van der Waals surface area contributed by atoms with E-state index in [1.54, 1.807) is 0 Å². The second kappa shape index (κ2) is 4.78. The lowest BCUT2D eigenvalue weighted by molar-refractivity contribution is 0.401. The second-order valence-corrected chi connectivity index (χ2v) is 3.72. The van der Waals surface area contributed by atoms with Crippen molar-refractivity contribution in [3.8, 4) is 23.0 Å². The number of aryl methyl sites for hydroxylation is 1. The summed E-state index contributed by atoms with van der Waals surface area (Å²) in [6, 6.07) is 11.9. The SMILES string of the molecule is CCc1ccccc1Oc1ccc(O)cc1O. The van der Waals surface area contributed by atoms with Gasteiger partial charge in [-0.3, -0.25) is 0 Å². The van der Waals surface area contributed by atoms with Crippen LogP contribution in [-0.4, -0.2) is 10.2 Å². The van der Waals surface area contributed by atoms with Gasteiger partial charge in [-0.1, -0.05) is 25.1 Å². The van der Waals surface area contributed by atoms with E-state index in [4.69, 9.17) is 4.74 Å². The maximum atomic E-state index is 9.63. The highest BCUT2D eigenvalue weighted by Crippen LogP contribution is 2.34. The van der Waals surface area contributed by atoms with Gasteiger partial charge in [0.05, 0.1) is 0 Å². The van der Waals surface area contributed by atoms with Gasteiger partial charge in [-0.15, -0.1) is 0 Å². The average molecular weight is 230 g/mol. The molecule has 0 aromatic heterocycles. The third kappa shape index (κ3) is 2.50. The molecule has 0 saturated heterocycles. The predicted octanol–water partition coefficient (Wildman–Crippen LogP) is 3.45. The molecule has 0 aliphatic carbocycles. The molecule has 0 aliphatic heterocycles. The van der Waals surface area contributed by atoms with E-state index in [2.05, 4.69) is 0 Å². The summed E-state index contributed by atoms with van der Waals surface area (Å²) in [6.45, 7) is 2.04. The molecule has 2 N–H and O–H groups in total. The van der Waals surface area contributed by atoms with Crippen LogP contribution < -0.4 is 4.74 Å². The summed E-state index contributed by atoms with van der Waals surface area (Å²) in [5.41, 5.74) is 1.07. The van der Waals surface area contributed by atoms with E-state index in [0.717, 1.165) is 17.7 Å². The average Bonchev–Trinajstić information content (AvgIpc) is 2.33. The van der Waals surface area contributed by atoms with E-state index in [1.165, 1.54) is 18.2 Å². The molecule has 0 spiro atoms. The topological polar surface area (TPSA) is 49.7 Å². The van der Waals surface area contributed by atoms with Crippen LogP contribution in [0.15, 0.2) is 42.5 Å². The maximum absolute atomic E-state index is 9.63. The summed E-state index contributed by atoms with van der Waals surface area (Å²) in [4.78, 5) is 0. The van der Waals surface area contributed by atoms with Crippen molar-refractivity contribution >= 4 is 0 Å². The van der Waals surface area contributed by atoms with Gasteiger partial charge in [-0.2, -0.15) is 0 Å². The molecule has 0 unspecified atom stereocenters. The number of phenolic OH excluding ortho intramolecular Hbond substituents is 2. The first kappa shape index (κ1) is 11.3. The third-order valence-electron chi connectivity index (χ3n) is 2.52. The Balaban J connectivity index is 2.31. The number of phenols is 2. The van der Waals surface area contributed by atoms with Crippen LogP contribution in [0.2, 0.25) is 0 Å². The minimum absolute atomic E-state index is 0.0126. The fourth-order valence-corrected chi connectivity index (χ4v) is 1.61. The molecule has 0 saturated carbocycles. The second-order valence-electron chi connectivity index (χ2n) is 3.72. The Morgan fingerprint density at radius 3 is 2.47 bits per heavy atom. The Morgan fingerprint density at radius 1 is 1.00 bits per heavy atom. The van der Waals surface area contributed by atoms with Gasteiger partial charge in [-0.25, -0.2) is 0 Å². The Morgan fingerprint density at radius 2 is 1.76 bits per heavy atom. The predicted molar refractivity (Wildman–Crippen MR) is 65.7 cm³/mol. The van der Waals surface area contributed by atoms with E-state index >= 15 is 0 Å². The molecule has 88 valence electrons. The van der Waals surface area contributed by atoms with Gasteiger partial charge in [0, 0.05) is 6.07 Å². The van der Waals surface area contributed by atoms with Crippen LogP contribution >= 0.6 is 0 Å². The first-order valence-electron chi connectivity index (χ1n) is 5.48. The van der Waals surface area contributed by atoms with Crippen molar-refractivity contribution in [3.63, 3.8) is 0 Å². The van der Waals surface area contributed by atoms with Crippen molar-refractivity contribution in [2.45, 2.75) is 13.3 Å². The first-order valence-corrected chi connectivity index (χ1v) is 5.48. The summed E-state index contributed by atoms with van der Waals surface area (Å²) in [5, 5.41) is 18.8. The number of aromatic hydroxyl groups is 2. The van der Waals surface area contributed by atoms with Gasteiger partial charge in [-0.05, 0) is 30.2 Å². The quantitative estimate of drug-likeness (QED) is 0.849. The van der Waals surface area contributed by atoms with Gasteiger partial charge in [0.1, 0.15) is 11.5 Å². The minimum Gasteiger partial charge on any atom is -0.508 e. The van der Waals surface area contributed by atoms with Gasteiger partial charge in [0.2, 0.25) is 0 Å². The van der Waals surface area contributed by atoms with Crippen LogP contribution in [0.3, 0.4) is 0 Å². The van der Waals surface area contributed by atoms with Crippen molar-refractivity contribution in [1.29, 1.82) is 0 Å². The van der Waals surface area contributed by atoms with Crippen LogP contribution in [0.4, 0.5) is 0 Å². The van der Waals surface area contributed by atoms with Crippen LogP contribution in [0.25, 0.3) is 0 Å². The summed E-state index contributed by atoms with van der Waals surface area (Å²) in [7, 11) is 0.